The molecule has 0 saturated heterocycles. The minimum Gasteiger partial charge on any atom is -0.354 e. The maximum Gasteiger partial charge on any atom is 0.229 e. The lowest BCUT2D eigenvalue weighted by molar-refractivity contribution is -0.115. The van der Waals surface area contributed by atoms with Crippen molar-refractivity contribution >= 4 is 39.0 Å². The first-order valence-corrected chi connectivity index (χ1v) is 8.72. The van der Waals surface area contributed by atoms with Gasteiger partial charge in [-0.05, 0) is 42.8 Å². The molecule has 0 atom stereocenters. The molecular weight excluding hydrogens is 378 g/mol. The van der Waals surface area contributed by atoms with E-state index in [4.69, 9.17) is 0 Å². The standard InChI is InChI=1S/C20H18BrN3O/c1-14-5-7-15(8-6-14)11-20(25)24-19-10-9-18(13-22-19)23-17-4-2-3-16(21)12-17/h2-10,12-13,23H,11H2,1H3,(H,22,24,25). The summed E-state index contributed by atoms with van der Waals surface area (Å²) < 4.78 is 1.01. The van der Waals surface area contributed by atoms with Crippen LogP contribution < -0.4 is 10.6 Å². The summed E-state index contributed by atoms with van der Waals surface area (Å²) in [4.78, 5) is 16.4. The van der Waals surface area contributed by atoms with Crippen molar-refractivity contribution < 1.29 is 4.79 Å². The third-order valence-corrected chi connectivity index (χ3v) is 4.12. The molecule has 1 heterocycles. The van der Waals surface area contributed by atoms with Crippen LogP contribution in [0.2, 0.25) is 0 Å². The van der Waals surface area contributed by atoms with Crippen molar-refractivity contribution in [2.75, 3.05) is 10.6 Å². The molecular formula is C20H18BrN3O. The summed E-state index contributed by atoms with van der Waals surface area (Å²) in [5.74, 6) is 0.459. The lowest BCUT2D eigenvalue weighted by atomic mass is 10.1. The van der Waals surface area contributed by atoms with Gasteiger partial charge in [0.25, 0.3) is 0 Å². The van der Waals surface area contributed by atoms with E-state index >= 15 is 0 Å². The molecule has 1 amide bonds. The molecule has 0 bridgehead atoms. The summed E-state index contributed by atoms with van der Waals surface area (Å²) in [6.07, 6.45) is 2.03. The van der Waals surface area contributed by atoms with Crippen LogP contribution in [-0.2, 0) is 11.2 Å². The maximum atomic E-state index is 12.1. The molecule has 0 unspecified atom stereocenters. The molecule has 3 rings (SSSR count). The van der Waals surface area contributed by atoms with Crippen molar-refractivity contribution in [2.45, 2.75) is 13.3 Å². The topological polar surface area (TPSA) is 54.0 Å². The number of halogens is 1. The van der Waals surface area contributed by atoms with Crippen LogP contribution in [-0.4, -0.2) is 10.9 Å². The third kappa shape index (κ3) is 5.16. The predicted molar refractivity (Wildman–Crippen MR) is 105 cm³/mol. The van der Waals surface area contributed by atoms with E-state index in [1.165, 1.54) is 5.56 Å². The fourth-order valence-electron chi connectivity index (χ4n) is 2.35. The molecule has 0 fully saturated rings. The van der Waals surface area contributed by atoms with E-state index in [0.29, 0.717) is 12.2 Å². The van der Waals surface area contributed by atoms with Crippen molar-refractivity contribution in [3.63, 3.8) is 0 Å². The SMILES string of the molecule is Cc1ccc(CC(=O)Nc2ccc(Nc3cccc(Br)c3)cn2)cc1. The van der Waals surface area contributed by atoms with E-state index in [-0.39, 0.29) is 5.91 Å². The molecule has 0 spiro atoms. The van der Waals surface area contributed by atoms with Gasteiger partial charge in [-0.1, -0.05) is 51.8 Å². The number of rotatable bonds is 5. The number of benzene rings is 2. The van der Waals surface area contributed by atoms with Crippen LogP contribution in [0.5, 0.6) is 0 Å². The zero-order valence-corrected chi connectivity index (χ0v) is 15.4. The molecule has 3 aromatic rings. The zero-order chi connectivity index (χ0) is 17.6. The van der Waals surface area contributed by atoms with Crippen LogP contribution in [0.25, 0.3) is 0 Å². The van der Waals surface area contributed by atoms with Gasteiger partial charge in [0.2, 0.25) is 5.91 Å². The summed E-state index contributed by atoms with van der Waals surface area (Å²) in [5, 5.41) is 6.09. The average Bonchev–Trinajstić information content (AvgIpc) is 2.59. The fraction of sp³-hybridized carbons (Fsp3) is 0.100. The van der Waals surface area contributed by atoms with Crippen LogP contribution in [0.1, 0.15) is 11.1 Å². The molecule has 2 aromatic carbocycles. The fourth-order valence-corrected chi connectivity index (χ4v) is 2.75. The van der Waals surface area contributed by atoms with Gasteiger partial charge in [-0.2, -0.15) is 0 Å². The number of anilines is 3. The normalized spacial score (nSPS) is 10.3. The van der Waals surface area contributed by atoms with E-state index < -0.39 is 0 Å². The molecule has 5 heteroatoms. The van der Waals surface area contributed by atoms with Gasteiger partial charge in [0.05, 0.1) is 18.3 Å². The second kappa shape index (κ2) is 7.94. The van der Waals surface area contributed by atoms with E-state index in [1.807, 2.05) is 61.5 Å². The Morgan fingerprint density at radius 1 is 1.04 bits per heavy atom. The van der Waals surface area contributed by atoms with Gasteiger partial charge in [0.1, 0.15) is 5.82 Å². The summed E-state index contributed by atoms with van der Waals surface area (Å²) in [6.45, 7) is 2.03. The number of amides is 1. The van der Waals surface area contributed by atoms with E-state index in [0.717, 1.165) is 21.4 Å². The van der Waals surface area contributed by atoms with E-state index in [9.17, 15) is 4.79 Å². The van der Waals surface area contributed by atoms with E-state index in [1.54, 1.807) is 12.3 Å². The predicted octanol–water partition coefficient (Wildman–Crippen LogP) is 5.08. The number of hydrogen-bond acceptors (Lipinski definition) is 3. The Kier molecular flexibility index (Phi) is 5.46. The number of aryl methyl sites for hydroxylation is 1. The number of nitrogens with zero attached hydrogens (tertiary/aromatic N) is 1. The second-order valence-corrected chi connectivity index (χ2v) is 6.69. The molecule has 1 aromatic heterocycles. The smallest absolute Gasteiger partial charge is 0.229 e. The first kappa shape index (κ1) is 17.2. The Hall–Kier alpha value is -2.66. The Morgan fingerprint density at radius 2 is 1.84 bits per heavy atom. The van der Waals surface area contributed by atoms with Gasteiger partial charge >= 0.3 is 0 Å². The first-order valence-electron chi connectivity index (χ1n) is 7.92. The summed E-state index contributed by atoms with van der Waals surface area (Å²) >= 11 is 3.44. The molecule has 0 aliphatic carbocycles. The third-order valence-electron chi connectivity index (χ3n) is 3.63. The summed E-state index contributed by atoms with van der Waals surface area (Å²) in [6, 6.07) is 19.5. The molecule has 4 nitrogen and oxygen atoms in total. The van der Waals surface area contributed by atoms with Crippen LogP contribution >= 0.6 is 15.9 Å². The molecule has 0 saturated carbocycles. The monoisotopic (exact) mass is 395 g/mol. The summed E-state index contributed by atoms with van der Waals surface area (Å²) in [5.41, 5.74) is 3.98. The number of hydrogen-bond donors (Lipinski definition) is 2. The van der Waals surface area contributed by atoms with Gasteiger partial charge in [0, 0.05) is 10.2 Å². The number of nitrogens with one attached hydrogen (secondary N) is 2. The Labute approximate surface area is 155 Å². The van der Waals surface area contributed by atoms with Gasteiger partial charge in [0.15, 0.2) is 0 Å². The Balaban J connectivity index is 1.58. The number of aromatic nitrogens is 1. The highest BCUT2D eigenvalue weighted by atomic mass is 79.9. The van der Waals surface area contributed by atoms with Crippen molar-refractivity contribution in [3.8, 4) is 0 Å². The quantitative estimate of drug-likeness (QED) is 0.633. The highest BCUT2D eigenvalue weighted by molar-refractivity contribution is 9.10. The van der Waals surface area contributed by atoms with Gasteiger partial charge in [-0.15, -0.1) is 0 Å². The van der Waals surface area contributed by atoms with Crippen molar-refractivity contribution in [1.29, 1.82) is 0 Å². The molecule has 2 N–H and O–H groups in total. The van der Waals surface area contributed by atoms with Crippen LogP contribution in [0.3, 0.4) is 0 Å². The van der Waals surface area contributed by atoms with Crippen molar-refractivity contribution in [2.24, 2.45) is 0 Å². The highest BCUT2D eigenvalue weighted by Gasteiger charge is 2.05. The number of carbonyl (C=O) groups is 1. The molecule has 0 radical (unpaired) electrons. The van der Waals surface area contributed by atoms with Gasteiger partial charge < -0.3 is 10.6 Å². The van der Waals surface area contributed by atoms with Crippen LogP contribution in [0, 0.1) is 6.92 Å². The largest absolute Gasteiger partial charge is 0.354 e. The molecule has 0 aliphatic heterocycles. The number of pyridine rings is 1. The average molecular weight is 396 g/mol. The van der Waals surface area contributed by atoms with Crippen molar-refractivity contribution in [1.82, 2.24) is 4.98 Å². The highest BCUT2D eigenvalue weighted by Crippen LogP contribution is 2.20. The molecule has 0 aliphatic rings. The van der Waals surface area contributed by atoms with Gasteiger partial charge in [-0.3, -0.25) is 4.79 Å². The first-order chi connectivity index (χ1) is 12.1. The Bertz CT molecular complexity index is 861. The van der Waals surface area contributed by atoms with Crippen molar-refractivity contribution in [3.05, 3.63) is 82.5 Å². The lowest BCUT2D eigenvalue weighted by Crippen LogP contribution is -2.15. The van der Waals surface area contributed by atoms with Crippen LogP contribution in [0.4, 0.5) is 17.2 Å². The minimum absolute atomic E-state index is 0.0796. The minimum atomic E-state index is -0.0796. The second-order valence-electron chi connectivity index (χ2n) is 5.78. The Morgan fingerprint density at radius 3 is 2.52 bits per heavy atom. The maximum absolute atomic E-state index is 12.1. The van der Waals surface area contributed by atoms with E-state index in [2.05, 4.69) is 31.5 Å². The summed E-state index contributed by atoms with van der Waals surface area (Å²) in [7, 11) is 0. The number of carbonyl (C=O) groups excluding carboxylic acids is 1. The molecule has 25 heavy (non-hydrogen) atoms. The molecule has 126 valence electrons. The van der Waals surface area contributed by atoms with Gasteiger partial charge in [-0.25, -0.2) is 4.98 Å². The van der Waals surface area contributed by atoms with Crippen LogP contribution in [0.15, 0.2) is 71.3 Å². The zero-order valence-electron chi connectivity index (χ0n) is 13.8. The lowest BCUT2D eigenvalue weighted by Gasteiger charge is -2.08.